The van der Waals surface area contributed by atoms with Gasteiger partial charge < -0.3 is 4.90 Å². The minimum Gasteiger partial charge on any atom is -0.354 e. The molecule has 0 spiro atoms. The van der Waals surface area contributed by atoms with Gasteiger partial charge in [0.15, 0.2) is 0 Å². The third-order valence-electron chi connectivity index (χ3n) is 2.77. The number of nitrogens with two attached hydrogens (primary N) is 1. The van der Waals surface area contributed by atoms with Crippen LogP contribution in [0.2, 0.25) is 0 Å². The van der Waals surface area contributed by atoms with Crippen molar-refractivity contribution in [2.45, 2.75) is 0 Å². The zero-order valence-electron chi connectivity index (χ0n) is 9.65. The summed E-state index contributed by atoms with van der Waals surface area (Å²) in [5.74, 6) is 0.683. The summed E-state index contributed by atoms with van der Waals surface area (Å²) in [4.78, 5) is 6.10. The number of nitrogens with zero attached hydrogens (tertiary/aromatic N) is 4. The van der Waals surface area contributed by atoms with Crippen LogP contribution in [0.5, 0.6) is 0 Å². The molecule has 0 unspecified atom stereocenters. The smallest absolute Gasteiger partial charge is 0.277 e. The Kier molecular flexibility index (Phi) is 3.47. The van der Waals surface area contributed by atoms with Gasteiger partial charge in [-0.1, -0.05) is 6.07 Å². The number of piperazine rings is 1. The maximum absolute atomic E-state index is 11.2. The SMILES string of the molecule is N#Cc1cccc(N2CCN(S(N)(=O)=O)CC2)n1. The Morgan fingerprint density at radius 3 is 2.50 bits per heavy atom. The molecule has 8 heteroatoms. The summed E-state index contributed by atoms with van der Waals surface area (Å²) < 4.78 is 23.5. The van der Waals surface area contributed by atoms with Crippen LogP contribution in [0.4, 0.5) is 5.82 Å². The number of pyridine rings is 1. The van der Waals surface area contributed by atoms with Crippen LogP contribution in [0.25, 0.3) is 0 Å². The van der Waals surface area contributed by atoms with E-state index in [1.807, 2.05) is 11.0 Å². The predicted molar refractivity (Wildman–Crippen MR) is 65.8 cm³/mol. The second-order valence-corrected chi connectivity index (χ2v) is 5.47. The van der Waals surface area contributed by atoms with Crippen molar-refractivity contribution in [2.24, 2.45) is 5.14 Å². The molecule has 1 saturated heterocycles. The molecule has 0 atom stereocenters. The molecule has 0 radical (unpaired) electrons. The Hall–Kier alpha value is -1.69. The van der Waals surface area contributed by atoms with Crippen molar-refractivity contribution in [1.82, 2.24) is 9.29 Å². The van der Waals surface area contributed by atoms with Crippen molar-refractivity contribution < 1.29 is 8.42 Å². The second kappa shape index (κ2) is 4.89. The molecule has 96 valence electrons. The summed E-state index contributed by atoms with van der Waals surface area (Å²) in [5.41, 5.74) is 0.348. The van der Waals surface area contributed by atoms with E-state index in [0.29, 0.717) is 37.7 Å². The van der Waals surface area contributed by atoms with Crippen molar-refractivity contribution in [3.05, 3.63) is 23.9 Å². The van der Waals surface area contributed by atoms with E-state index in [1.54, 1.807) is 18.2 Å². The summed E-state index contributed by atoms with van der Waals surface area (Å²) in [5, 5.41) is 13.8. The van der Waals surface area contributed by atoms with Crippen LogP contribution in [0.3, 0.4) is 0 Å². The van der Waals surface area contributed by atoms with Gasteiger partial charge in [-0.05, 0) is 12.1 Å². The van der Waals surface area contributed by atoms with Gasteiger partial charge in [0.1, 0.15) is 17.6 Å². The fraction of sp³-hybridized carbons (Fsp3) is 0.400. The minimum absolute atomic E-state index is 0.331. The van der Waals surface area contributed by atoms with Crippen LogP contribution in [0.15, 0.2) is 18.2 Å². The predicted octanol–water partition coefficient (Wildman–Crippen LogP) is -0.721. The van der Waals surface area contributed by atoms with Crippen LogP contribution in [-0.2, 0) is 10.2 Å². The van der Waals surface area contributed by atoms with Gasteiger partial charge in [0, 0.05) is 26.2 Å². The average Bonchev–Trinajstić information content (AvgIpc) is 2.38. The lowest BCUT2D eigenvalue weighted by molar-refractivity contribution is 0.384. The van der Waals surface area contributed by atoms with Gasteiger partial charge in [-0.25, -0.2) is 10.1 Å². The summed E-state index contributed by atoms with van der Waals surface area (Å²) in [6, 6.07) is 7.16. The number of rotatable bonds is 2. The van der Waals surface area contributed by atoms with E-state index in [-0.39, 0.29) is 0 Å². The van der Waals surface area contributed by atoms with Gasteiger partial charge in [0.05, 0.1) is 0 Å². The molecule has 0 bridgehead atoms. The van der Waals surface area contributed by atoms with E-state index in [9.17, 15) is 8.42 Å². The Morgan fingerprint density at radius 1 is 1.28 bits per heavy atom. The first kappa shape index (κ1) is 12.8. The zero-order valence-corrected chi connectivity index (χ0v) is 10.5. The van der Waals surface area contributed by atoms with Crippen LogP contribution < -0.4 is 10.0 Å². The van der Waals surface area contributed by atoms with E-state index in [0.717, 1.165) is 0 Å². The van der Waals surface area contributed by atoms with Crippen molar-refractivity contribution in [1.29, 1.82) is 5.26 Å². The summed E-state index contributed by atoms with van der Waals surface area (Å²) in [6.45, 7) is 1.69. The number of hydrogen-bond donors (Lipinski definition) is 1. The van der Waals surface area contributed by atoms with Crippen molar-refractivity contribution in [3.8, 4) is 6.07 Å². The fourth-order valence-corrected chi connectivity index (χ4v) is 2.51. The second-order valence-electron chi connectivity index (χ2n) is 3.92. The van der Waals surface area contributed by atoms with E-state index >= 15 is 0 Å². The van der Waals surface area contributed by atoms with Gasteiger partial charge >= 0.3 is 0 Å². The lowest BCUT2D eigenvalue weighted by Gasteiger charge is -2.33. The number of nitriles is 1. The summed E-state index contributed by atoms with van der Waals surface area (Å²) in [6.07, 6.45) is 0. The average molecular weight is 267 g/mol. The van der Waals surface area contributed by atoms with Crippen molar-refractivity contribution in [3.63, 3.8) is 0 Å². The molecule has 2 heterocycles. The summed E-state index contributed by atoms with van der Waals surface area (Å²) >= 11 is 0. The highest BCUT2D eigenvalue weighted by molar-refractivity contribution is 7.86. The van der Waals surface area contributed by atoms with Crippen LogP contribution >= 0.6 is 0 Å². The number of hydrogen-bond acceptors (Lipinski definition) is 5. The van der Waals surface area contributed by atoms with Gasteiger partial charge in [-0.3, -0.25) is 0 Å². The molecule has 7 nitrogen and oxygen atoms in total. The molecule has 1 aromatic heterocycles. The lowest BCUT2D eigenvalue weighted by Crippen LogP contribution is -2.50. The van der Waals surface area contributed by atoms with Crippen LogP contribution in [0.1, 0.15) is 5.69 Å². The normalized spacial score (nSPS) is 17.4. The monoisotopic (exact) mass is 267 g/mol. The molecule has 1 aliphatic heterocycles. The van der Waals surface area contributed by atoms with Gasteiger partial charge in [-0.2, -0.15) is 18.0 Å². The Balaban J connectivity index is 2.08. The van der Waals surface area contributed by atoms with E-state index in [4.69, 9.17) is 10.4 Å². The minimum atomic E-state index is -3.61. The van der Waals surface area contributed by atoms with Gasteiger partial charge in [0.25, 0.3) is 10.2 Å². The van der Waals surface area contributed by atoms with E-state index in [1.165, 1.54) is 4.31 Å². The molecule has 2 rings (SSSR count). The first-order valence-corrected chi connectivity index (χ1v) is 6.91. The highest BCUT2D eigenvalue weighted by Crippen LogP contribution is 2.14. The Labute approximate surface area is 106 Å². The molecule has 1 fully saturated rings. The molecule has 0 aliphatic carbocycles. The quantitative estimate of drug-likeness (QED) is 0.761. The number of aromatic nitrogens is 1. The standard InChI is InChI=1S/C10H13N5O2S/c11-8-9-2-1-3-10(13-9)14-4-6-15(7-5-14)18(12,16)17/h1-3H,4-7H2,(H2,12,16,17). The third-order valence-corrected chi connectivity index (χ3v) is 3.86. The van der Waals surface area contributed by atoms with E-state index < -0.39 is 10.2 Å². The molecule has 1 aromatic rings. The third kappa shape index (κ3) is 2.76. The summed E-state index contributed by atoms with van der Waals surface area (Å²) in [7, 11) is -3.61. The van der Waals surface area contributed by atoms with Crippen molar-refractivity contribution in [2.75, 3.05) is 31.1 Å². The Morgan fingerprint density at radius 2 is 1.94 bits per heavy atom. The molecule has 0 saturated carbocycles. The Bertz CT molecular complexity index is 572. The highest BCUT2D eigenvalue weighted by atomic mass is 32.2. The highest BCUT2D eigenvalue weighted by Gasteiger charge is 2.24. The molecular formula is C10H13N5O2S. The first-order valence-electron chi connectivity index (χ1n) is 5.40. The lowest BCUT2D eigenvalue weighted by atomic mass is 10.3. The van der Waals surface area contributed by atoms with E-state index in [2.05, 4.69) is 4.98 Å². The van der Waals surface area contributed by atoms with Crippen LogP contribution in [-0.4, -0.2) is 43.9 Å². The number of anilines is 1. The first-order chi connectivity index (χ1) is 8.50. The van der Waals surface area contributed by atoms with Gasteiger partial charge in [0.2, 0.25) is 0 Å². The fourth-order valence-electron chi connectivity index (χ4n) is 1.83. The molecule has 0 amide bonds. The topological polar surface area (TPSA) is 103 Å². The maximum Gasteiger partial charge on any atom is 0.277 e. The van der Waals surface area contributed by atoms with Gasteiger partial charge in [-0.15, -0.1) is 0 Å². The maximum atomic E-state index is 11.2. The van der Waals surface area contributed by atoms with Crippen molar-refractivity contribution >= 4 is 16.0 Å². The largest absolute Gasteiger partial charge is 0.354 e. The molecule has 1 aliphatic rings. The molecular weight excluding hydrogens is 254 g/mol. The zero-order chi connectivity index (χ0) is 13.2. The molecule has 18 heavy (non-hydrogen) atoms. The van der Waals surface area contributed by atoms with Crippen LogP contribution in [0, 0.1) is 11.3 Å². The molecule has 0 aromatic carbocycles. The molecule has 2 N–H and O–H groups in total.